The molecule has 0 unspecified atom stereocenters. The minimum absolute atomic E-state index is 0.129. The average molecular weight is 361 g/mol. The molecular formula is C15H13ClN6O3. The van der Waals surface area contributed by atoms with Gasteiger partial charge in [0, 0.05) is 11.2 Å². The van der Waals surface area contributed by atoms with Gasteiger partial charge >= 0.3 is 5.82 Å². The van der Waals surface area contributed by atoms with Crippen LogP contribution >= 0.6 is 11.6 Å². The van der Waals surface area contributed by atoms with E-state index in [0.717, 1.165) is 5.56 Å². The highest BCUT2D eigenvalue weighted by Crippen LogP contribution is 2.12. The van der Waals surface area contributed by atoms with Gasteiger partial charge in [0.05, 0.1) is 35.8 Å². The molecule has 0 atom stereocenters. The molecule has 2 heterocycles. The van der Waals surface area contributed by atoms with Gasteiger partial charge in [0.1, 0.15) is 6.54 Å². The van der Waals surface area contributed by atoms with Crippen molar-refractivity contribution in [2.24, 2.45) is 0 Å². The molecule has 9 nitrogen and oxygen atoms in total. The van der Waals surface area contributed by atoms with E-state index in [0.29, 0.717) is 17.3 Å². The first-order valence-corrected chi connectivity index (χ1v) is 7.62. The number of carbonyl (C=O) groups excluding carboxylic acids is 1. The Balaban J connectivity index is 1.57. The van der Waals surface area contributed by atoms with E-state index in [1.54, 1.807) is 23.0 Å². The second-order valence-electron chi connectivity index (χ2n) is 5.23. The summed E-state index contributed by atoms with van der Waals surface area (Å²) in [4.78, 5) is 21.9. The first-order chi connectivity index (χ1) is 12.0. The fourth-order valence-electron chi connectivity index (χ4n) is 2.18. The zero-order valence-corrected chi connectivity index (χ0v) is 13.6. The number of benzene rings is 1. The summed E-state index contributed by atoms with van der Waals surface area (Å²) in [6, 6.07) is 8.62. The molecular weight excluding hydrogens is 348 g/mol. The van der Waals surface area contributed by atoms with Crippen LogP contribution in [0.25, 0.3) is 0 Å². The smallest absolute Gasteiger partial charge is 0.358 e. The van der Waals surface area contributed by atoms with E-state index in [9.17, 15) is 14.9 Å². The van der Waals surface area contributed by atoms with Crippen LogP contribution in [-0.4, -0.2) is 30.4 Å². The third-order valence-electron chi connectivity index (χ3n) is 3.29. The summed E-state index contributed by atoms with van der Waals surface area (Å²) in [6.07, 6.45) is 4.60. The summed E-state index contributed by atoms with van der Waals surface area (Å²) in [5.41, 5.74) is 1.55. The Labute approximate surface area is 147 Å². The molecule has 0 aliphatic rings. The highest BCUT2D eigenvalue weighted by atomic mass is 35.5. The fourth-order valence-corrected chi connectivity index (χ4v) is 2.30. The number of nitro groups is 1. The summed E-state index contributed by atoms with van der Waals surface area (Å²) in [5, 5.41) is 21.8. The highest BCUT2D eigenvalue weighted by molar-refractivity contribution is 6.30. The van der Waals surface area contributed by atoms with Crippen LogP contribution in [0.5, 0.6) is 0 Å². The number of amides is 1. The predicted octanol–water partition coefficient (Wildman–Crippen LogP) is 2.33. The minimum Gasteiger partial charge on any atom is -0.358 e. The minimum atomic E-state index is -0.616. The van der Waals surface area contributed by atoms with Crippen LogP contribution < -0.4 is 5.32 Å². The van der Waals surface area contributed by atoms with E-state index in [-0.39, 0.29) is 18.3 Å². The molecule has 25 heavy (non-hydrogen) atoms. The van der Waals surface area contributed by atoms with Gasteiger partial charge in [-0.25, -0.2) is 0 Å². The summed E-state index contributed by atoms with van der Waals surface area (Å²) < 4.78 is 2.88. The Morgan fingerprint density at radius 3 is 2.68 bits per heavy atom. The first kappa shape index (κ1) is 16.7. The molecule has 0 saturated heterocycles. The average Bonchev–Trinajstić information content (AvgIpc) is 3.19. The van der Waals surface area contributed by atoms with E-state index >= 15 is 0 Å². The molecule has 1 aromatic carbocycles. The maximum Gasteiger partial charge on any atom is 0.389 e. The van der Waals surface area contributed by atoms with Gasteiger partial charge in [-0.05, 0) is 22.6 Å². The van der Waals surface area contributed by atoms with Crippen LogP contribution in [-0.2, 0) is 17.9 Å². The lowest BCUT2D eigenvalue weighted by Crippen LogP contribution is -2.18. The van der Waals surface area contributed by atoms with Gasteiger partial charge in [-0.2, -0.15) is 9.78 Å². The molecule has 0 spiro atoms. The first-order valence-electron chi connectivity index (χ1n) is 7.24. The third kappa shape index (κ3) is 4.42. The maximum absolute atomic E-state index is 12.0. The Kier molecular flexibility index (Phi) is 4.75. The van der Waals surface area contributed by atoms with Crippen LogP contribution in [0.4, 0.5) is 11.5 Å². The van der Waals surface area contributed by atoms with Crippen LogP contribution in [0.1, 0.15) is 5.56 Å². The number of aromatic nitrogens is 4. The van der Waals surface area contributed by atoms with Crippen LogP contribution in [0.3, 0.4) is 0 Å². The molecule has 10 heteroatoms. The lowest BCUT2D eigenvalue weighted by Gasteiger charge is -2.02. The molecule has 3 aromatic rings. The molecule has 2 aromatic heterocycles. The lowest BCUT2D eigenvalue weighted by atomic mass is 10.2. The molecule has 0 bridgehead atoms. The molecule has 128 valence electrons. The van der Waals surface area contributed by atoms with Crippen molar-refractivity contribution < 1.29 is 9.72 Å². The Morgan fingerprint density at radius 2 is 2.00 bits per heavy atom. The van der Waals surface area contributed by atoms with E-state index in [2.05, 4.69) is 15.5 Å². The number of nitrogens with one attached hydrogen (secondary N) is 1. The second kappa shape index (κ2) is 7.14. The Hall–Kier alpha value is -3.20. The number of nitrogens with zero attached hydrogens (tertiary/aromatic N) is 5. The number of anilines is 1. The summed E-state index contributed by atoms with van der Waals surface area (Å²) >= 11 is 5.85. The molecule has 0 aliphatic carbocycles. The monoisotopic (exact) mass is 360 g/mol. The molecule has 3 rings (SSSR count). The molecule has 0 radical (unpaired) electrons. The van der Waals surface area contributed by atoms with E-state index in [1.165, 1.54) is 23.1 Å². The number of rotatable bonds is 6. The maximum atomic E-state index is 12.0. The fraction of sp³-hybridized carbons (Fsp3) is 0.133. The van der Waals surface area contributed by atoms with Gasteiger partial charge in [-0.15, -0.1) is 0 Å². The lowest BCUT2D eigenvalue weighted by molar-refractivity contribution is -0.389. The van der Waals surface area contributed by atoms with Gasteiger partial charge in [-0.1, -0.05) is 23.7 Å². The van der Waals surface area contributed by atoms with Crippen LogP contribution in [0.15, 0.2) is 48.9 Å². The topological polar surface area (TPSA) is 108 Å². The van der Waals surface area contributed by atoms with Crippen molar-refractivity contribution >= 4 is 29.0 Å². The molecule has 0 saturated carbocycles. The van der Waals surface area contributed by atoms with E-state index in [1.807, 2.05) is 12.1 Å². The standard InChI is InChI=1S/C15H13ClN6O3/c16-12-3-1-11(2-4-12)8-21-9-13(7-17-21)18-15(23)10-20-6-5-14(19-20)22(24)25/h1-7,9H,8,10H2,(H,18,23). The Morgan fingerprint density at radius 1 is 1.24 bits per heavy atom. The summed E-state index contributed by atoms with van der Waals surface area (Å²) in [7, 11) is 0. The Bertz CT molecular complexity index is 902. The zero-order valence-electron chi connectivity index (χ0n) is 12.9. The number of carbonyl (C=O) groups is 1. The SMILES string of the molecule is O=C(Cn1ccc([N+](=O)[O-])n1)Nc1cnn(Cc2ccc(Cl)cc2)c1. The molecule has 0 fully saturated rings. The van der Waals surface area contributed by atoms with E-state index in [4.69, 9.17) is 11.6 Å². The van der Waals surface area contributed by atoms with Gasteiger partial charge in [0.2, 0.25) is 5.91 Å². The van der Waals surface area contributed by atoms with Crippen molar-refractivity contribution in [1.29, 1.82) is 0 Å². The zero-order chi connectivity index (χ0) is 17.8. The van der Waals surface area contributed by atoms with Crippen molar-refractivity contribution in [3.63, 3.8) is 0 Å². The number of halogens is 1. The van der Waals surface area contributed by atoms with Crippen molar-refractivity contribution in [1.82, 2.24) is 19.6 Å². The van der Waals surface area contributed by atoms with Crippen LogP contribution in [0.2, 0.25) is 5.02 Å². The van der Waals surface area contributed by atoms with Crippen molar-refractivity contribution in [3.8, 4) is 0 Å². The second-order valence-corrected chi connectivity index (χ2v) is 5.67. The molecule has 1 amide bonds. The van der Waals surface area contributed by atoms with E-state index < -0.39 is 4.92 Å². The quantitative estimate of drug-likeness (QED) is 0.536. The third-order valence-corrected chi connectivity index (χ3v) is 3.55. The van der Waals surface area contributed by atoms with Crippen LogP contribution in [0, 0.1) is 10.1 Å². The normalized spacial score (nSPS) is 10.6. The van der Waals surface area contributed by atoms with Crippen molar-refractivity contribution in [3.05, 3.63) is 69.6 Å². The largest absolute Gasteiger partial charge is 0.389 e. The summed E-state index contributed by atoms with van der Waals surface area (Å²) in [6.45, 7) is 0.411. The number of hydrogen-bond acceptors (Lipinski definition) is 5. The van der Waals surface area contributed by atoms with Gasteiger partial charge in [0.15, 0.2) is 0 Å². The van der Waals surface area contributed by atoms with Crippen molar-refractivity contribution in [2.45, 2.75) is 13.1 Å². The predicted molar refractivity (Wildman–Crippen MR) is 90.3 cm³/mol. The molecule has 1 N–H and O–H groups in total. The van der Waals surface area contributed by atoms with Gasteiger partial charge < -0.3 is 15.4 Å². The number of hydrogen-bond donors (Lipinski definition) is 1. The van der Waals surface area contributed by atoms with Crippen molar-refractivity contribution in [2.75, 3.05) is 5.32 Å². The van der Waals surface area contributed by atoms with Gasteiger partial charge in [-0.3, -0.25) is 9.48 Å². The summed E-state index contributed by atoms with van der Waals surface area (Å²) in [5.74, 6) is -0.660. The van der Waals surface area contributed by atoms with Gasteiger partial charge in [0.25, 0.3) is 0 Å². The highest BCUT2D eigenvalue weighted by Gasteiger charge is 2.13. The molecule has 0 aliphatic heterocycles.